The van der Waals surface area contributed by atoms with Crippen molar-refractivity contribution in [2.45, 2.75) is 38.9 Å². The van der Waals surface area contributed by atoms with Gasteiger partial charge in [-0.3, -0.25) is 4.98 Å². The average molecular weight is 655 g/mol. The highest BCUT2D eigenvalue weighted by atomic mass is 79.9. The van der Waals surface area contributed by atoms with Crippen molar-refractivity contribution in [3.05, 3.63) is 126 Å². The maximum absolute atomic E-state index is 14.6. The molecule has 0 radical (unpaired) electrons. The summed E-state index contributed by atoms with van der Waals surface area (Å²) >= 11 is 3.39. The zero-order chi connectivity index (χ0) is 30.0. The van der Waals surface area contributed by atoms with Crippen LogP contribution < -0.4 is 10.4 Å². The predicted molar refractivity (Wildman–Crippen MR) is 176 cm³/mol. The van der Waals surface area contributed by atoms with Crippen LogP contribution >= 0.6 is 15.9 Å². The lowest BCUT2D eigenvalue weighted by molar-refractivity contribution is 0.283. The third-order valence-corrected chi connectivity index (χ3v) is 13.5. The smallest absolute Gasteiger partial charge is 0.261 e. The first-order chi connectivity index (χ1) is 20.8. The number of aromatic nitrogens is 5. The number of fused-ring (bicyclic) bond motifs is 1. The molecule has 0 N–H and O–H groups in total. The molecule has 3 heterocycles. The van der Waals surface area contributed by atoms with Crippen LogP contribution in [-0.4, -0.2) is 39.0 Å². The van der Waals surface area contributed by atoms with Gasteiger partial charge in [0.1, 0.15) is 11.6 Å². The van der Waals surface area contributed by atoms with E-state index in [2.05, 4.69) is 106 Å². The second-order valence-electron chi connectivity index (χ2n) is 11.7. The number of nitrogens with zero attached hydrogens (tertiary/aromatic N) is 5. The molecule has 0 unspecified atom stereocenters. The first-order valence-electron chi connectivity index (χ1n) is 14.3. The van der Waals surface area contributed by atoms with E-state index in [0.717, 1.165) is 22.5 Å². The summed E-state index contributed by atoms with van der Waals surface area (Å²) in [7, 11) is -2.74. The predicted octanol–water partition coefficient (Wildman–Crippen LogP) is 6.82. The Hall–Kier alpha value is -3.92. The van der Waals surface area contributed by atoms with E-state index in [-0.39, 0.29) is 10.9 Å². The Morgan fingerprint density at radius 1 is 0.907 bits per heavy atom. The molecule has 0 atom stereocenters. The minimum atomic E-state index is -2.74. The zero-order valence-corrected chi connectivity index (χ0v) is 27.0. The van der Waals surface area contributed by atoms with Gasteiger partial charge in [0.2, 0.25) is 0 Å². The molecular formula is C34H33BrFN5OSi. The minimum absolute atomic E-state index is 0.146. The van der Waals surface area contributed by atoms with Crippen molar-refractivity contribution in [3.63, 3.8) is 0 Å². The maximum Gasteiger partial charge on any atom is 0.261 e. The first-order valence-corrected chi connectivity index (χ1v) is 17.0. The summed E-state index contributed by atoms with van der Waals surface area (Å²) in [6, 6.07) is 26.6. The van der Waals surface area contributed by atoms with E-state index in [0.29, 0.717) is 29.7 Å². The van der Waals surface area contributed by atoms with Gasteiger partial charge >= 0.3 is 0 Å². The highest BCUT2D eigenvalue weighted by Crippen LogP contribution is 2.37. The quantitative estimate of drug-likeness (QED) is 0.161. The van der Waals surface area contributed by atoms with E-state index in [1.54, 1.807) is 18.6 Å². The van der Waals surface area contributed by atoms with Crippen molar-refractivity contribution >= 4 is 45.7 Å². The van der Waals surface area contributed by atoms with Crippen LogP contribution in [0.4, 0.5) is 4.39 Å². The van der Waals surface area contributed by atoms with Gasteiger partial charge in [0.05, 0.1) is 35.0 Å². The van der Waals surface area contributed by atoms with Gasteiger partial charge in [-0.15, -0.1) is 0 Å². The molecule has 0 bridgehead atoms. The molecular weight excluding hydrogens is 621 g/mol. The summed E-state index contributed by atoms with van der Waals surface area (Å²) < 4.78 is 26.4. The Bertz CT molecular complexity index is 1800. The molecule has 6 aromatic rings. The molecule has 0 saturated carbocycles. The van der Waals surface area contributed by atoms with Gasteiger partial charge in [-0.25, -0.2) is 14.4 Å². The van der Waals surface area contributed by atoms with Crippen molar-refractivity contribution in [2.75, 3.05) is 6.61 Å². The molecule has 0 saturated heterocycles. The van der Waals surface area contributed by atoms with E-state index in [4.69, 9.17) is 9.41 Å². The molecule has 6 rings (SSSR count). The van der Waals surface area contributed by atoms with Crippen LogP contribution in [0, 0.1) is 5.82 Å². The fraction of sp³-hybridized carbons (Fsp3) is 0.206. The van der Waals surface area contributed by atoms with Gasteiger partial charge in [0.25, 0.3) is 8.32 Å². The van der Waals surface area contributed by atoms with Crippen molar-refractivity contribution in [1.29, 1.82) is 0 Å². The number of imidazole rings is 2. The second-order valence-corrected chi connectivity index (χ2v) is 16.8. The number of rotatable bonds is 9. The molecule has 3 aromatic heterocycles. The van der Waals surface area contributed by atoms with Gasteiger partial charge in [-0.05, 0) is 49.0 Å². The first kappa shape index (κ1) is 29.2. The van der Waals surface area contributed by atoms with Crippen LogP contribution in [0.1, 0.15) is 26.3 Å². The summed E-state index contributed by atoms with van der Waals surface area (Å²) in [4.78, 5) is 13.6. The molecule has 0 aliphatic rings. The molecule has 0 aliphatic carbocycles. The van der Waals surface area contributed by atoms with Crippen molar-refractivity contribution in [3.8, 4) is 11.4 Å². The van der Waals surface area contributed by atoms with E-state index in [9.17, 15) is 4.39 Å². The molecule has 0 aliphatic heterocycles. The summed E-state index contributed by atoms with van der Waals surface area (Å²) in [6.45, 7) is 8.43. The lowest BCUT2D eigenvalue weighted by Gasteiger charge is -2.43. The lowest BCUT2D eigenvalue weighted by atomic mass is 10.2. The Balaban J connectivity index is 1.41. The van der Waals surface area contributed by atoms with Crippen LogP contribution in [0.5, 0.6) is 0 Å². The van der Waals surface area contributed by atoms with Crippen LogP contribution in [0.3, 0.4) is 0 Å². The second kappa shape index (κ2) is 12.0. The van der Waals surface area contributed by atoms with Crippen LogP contribution in [0.25, 0.3) is 22.4 Å². The summed E-state index contributed by atoms with van der Waals surface area (Å²) in [5.41, 5.74) is 3.29. The normalized spacial score (nSPS) is 12.2. The largest absolute Gasteiger partial charge is 0.406 e. The molecule has 0 spiro atoms. The molecule has 0 amide bonds. The summed E-state index contributed by atoms with van der Waals surface area (Å²) in [5.74, 6) is 0.373. The van der Waals surface area contributed by atoms with Gasteiger partial charge in [0, 0.05) is 43.0 Å². The van der Waals surface area contributed by atoms with E-state index >= 15 is 0 Å². The van der Waals surface area contributed by atoms with Crippen molar-refractivity contribution < 1.29 is 8.82 Å². The van der Waals surface area contributed by atoms with Crippen LogP contribution in [0.2, 0.25) is 5.04 Å². The number of hydrogen-bond acceptors (Lipinski definition) is 4. The Labute approximate surface area is 260 Å². The monoisotopic (exact) mass is 653 g/mol. The molecule has 43 heavy (non-hydrogen) atoms. The van der Waals surface area contributed by atoms with Crippen LogP contribution in [-0.2, 0) is 17.5 Å². The van der Waals surface area contributed by atoms with Gasteiger partial charge < -0.3 is 13.6 Å². The average Bonchev–Trinajstić information content (AvgIpc) is 3.64. The zero-order valence-electron chi connectivity index (χ0n) is 24.4. The van der Waals surface area contributed by atoms with Crippen molar-refractivity contribution in [2.24, 2.45) is 0 Å². The third-order valence-electron chi connectivity index (χ3n) is 7.82. The fourth-order valence-electron chi connectivity index (χ4n) is 5.91. The Morgan fingerprint density at radius 3 is 2.23 bits per heavy atom. The van der Waals surface area contributed by atoms with Gasteiger partial charge in [-0.2, -0.15) is 0 Å². The molecule has 6 nitrogen and oxygen atoms in total. The Kier molecular flexibility index (Phi) is 8.13. The number of halogens is 2. The third kappa shape index (κ3) is 5.72. The van der Waals surface area contributed by atoms with E-state index < -0.39 is 8.32 Å². The van der Waals surface area contributed by atoms with Gasteiger partial charge in [0.15, 0.2) is 0 Å². The Morgan fingerprint density at radius 2 is 1.60 bits per heavy atom. The highest BCUT2D eigenvalue weighted by Gasteiger charge is 2.50. The lowest BCUT2D eigenvalue weighted by Crippen LogP contribution is -2.66. The standard InChI is InChI=1S/C34H33BrFN5OSi/c1-34(2,3)43(27-10-6-4-7-11-27,28-12-8-5-9-13-28)42-17-16-41-32-19-29(35)30(36)20-31(32)39-33(41)26-18-25(21-38-22-26)23-40-15-14-37-24-40/h4-15,18-22,24H,16-17,23H2,1-3H3. The van der Waals surface area contributed by atoms with Gasteiger partial charge in [-0.1, -0.05) is 81.4 Å². The van der Waals surface area contributed by atoms with Crippen molar-refractivity contribution in [1.82, 2.24) is 24.1 Å². The molecule has 9 heteroatoms. The van der Waals surface area contributed by atoms with Crippen LogP contribution in [0.15, 0.2) is 114 Å². The van der Waals surface area contributed by atoms with E-state index in [1.807, 2.05) is 35.3 Å². The topological polar surface area (TPSA) is 57.8 Å². The molecule has 0 fully saturated rings. The maximum atomic E-state index is 14.6. The van der Waals surface area contributed by atoms with E-state index in [1.165, 1.54) is 16.4 Å². The number of pyridine rings is 1. The summed E-state index contributed by atoms with van der Waals surface area (Å²) in [6.07, 6.45) is 9.12. The summed E-state index contributed by atoms with van der Waals surface area (Å²) in [5, 5.41) is 2.31. The highest BCUT2D eigenvalue weighted by molar-refractivity contribution is 9.10. The molecule has 3 aromatic carbocycles. The SMILES string of the molecule is CC(C)(C)[Si](OCCn1c(-c2cncc(Cn3ccnc3)c2)nc2cc(F)c(Br)cc21)(c1ccccc1)c1ccccc1. The minimum Gasteiger partial charge on any atom is -0.406 e. The number of benzene rings is 3. The number of hydrogen-bond donors (Lipinski definition) is 0. The fourth-order valence-corrected chi connectivity index (χ4v) is 10.8. The molecule has 218 valence electrons.